The average Bonchev–Trinajstić information content (AvgIpc) is 2.48. The van der Waals surface area contributed by atoms with E-state index in [9.17, 15) is 0 Å². The van der Waals surface area contributed by atoms with Crippen molar-refractivity contribution < 1.29 is 0 Å². The fourth-order valence-electron chi connectivity index (χ4n) is 2.86. The van der Waals surface area contributed by atoms with Crippen LogP contribution in [0.25, 0.3) is 6.08 Å². The summed E-state index contributed by atoms with van der Waals surface area (Å²) in [5, 5.41) is 12.1. The molecule has 0 radical (unpaired) electrons. The van der Waals surface area contributed by atoms with Gasteiger partial charge in [0.05, 0.1) is 11.6 Å². The molecule has 1 N–H and O–H groups in total. The standard InChI is InChI=1S/C17H22N2/c1-19-13-17(16-5-3-2-4-6-16)11-14-7-9-15(12-18)10-8-14/h7-11,16,19H,2-6,13H2,1H3. The van der Waals surface area contributed by atoms with E-state index < -0.39 is 0 Å². The first-order valence-electron chi connectivity index (χ1n) is 7.18. The van der Waals surface area contributed by atoms with Gasteiger partial charge < -0.3 is 5.32 Å². The van der Waals surface area contributed by atoms with Crippen molar-refractivity contribution in [3.63, 3.8) is 0 Å². The molecule has 1 fully saturated rings. The van der Waals surface area contributed by atoms with Gasteiger partial charge in [0.25, 0.3) is 0 Å². The van der Waals surface area contributed by atoms with Crippen LogP contribution in [0.2, 0.25) is 0 Å². The smallest absolute Gasteiger partial charge is 0.0991 e. The van der Waals surface area contributed by atoms with Crippen molar-refractivity contribution in [2.45, 2.75) is 32.1 Å². The maximum absolute atomic E-state index is 8.82. The number of nitriles is 1. The first-order valence-corrected chi connectivity index (χ1v) is 7.18. The van der Waals surface area contributed by atoms with Crippen LogP contribution in [-0.2, 0) is 0 Å². The zero-order valence-electron chi connectivity index (χ0n) is 11.7. The second-order valence-electron chi connectivity index (χ2n) is 5.32. The molecule has 1 aliphatic rings. The Bertz CT molecular complexity index is 459. The lowest BCUT2D eigenvalue weighted by molar-refractivity contribution is 0.398. The summed E-state index contributed by atoms with van der Waals surface area (Å²) in [6, 6.07) is 10.0. The molecule has 0 atom stereocenters. The lowest BCUT2D eigenvalue weighted by atomic mass is 9.83. The molecule has 0 saturated heterocycles. The highest BCUT2D eigenvalue weighted by atomic mass is 14.8. The lowest BCUT2D eigenvalue weighted by Crippen LogP contribution is -2.19. The molecule has 1 saturated carbocycles. The van der Waals surface area contributed by atoms with E-state index in [1.54, 1.807) is 0 Å². The molecule has 0 heterocycles. The van der Waals surface area contributed by atoms with E-state index in [1.807, 2.05) is 31.3 Å². The highest BCUT2D eigenvalue weighted by molar-refractivity contribution is 5.55. The van der Waals surface area contributed by atoms with Gasteiger partial charge in [-0.25, -0.2) is 0 Å². The maximum Gasteiger partial charge on any atom is 0.0991 e. The van der Waals surface area contributed by atoms with Gasteiger partial charge in [0.1, 0.15) is 0 Å². The molecule has 1 aromatic rings. The van der Waals surface area contributed by atoms with Crippen LogP contribution in [0.15, 0.2) is 29.8 Å². The van der Waals surface area contributed by atoms with E-state index in [0.717, 1.165) is 18.0 Å². The Balaban J connectivity index is 2.16. The van der Waals surface area contributed by atoms with Crippen LogP contribution in [0, 0.1) is 17.2 Å². The average molecular weight is 254 g/mol. The van der Waals surface area contributed by atoms with Crippen molar-refractivity contribution in [1.82, 2.24) is 5.32 Å². The summed E-state index contributed by atoms with van der Waals surface area (Å²) < 4.78 is 0. The van der Waals surface area contributed by atoms with Gasteiger partial charge in [0.2, 0.25) is 0 Å². The van der Waals surface area contributed by atoms with Crippen molar-refractivity contribution in [3.05, 3.63) is 41.0 Å². The number of hydrogen-bond acceptors (Lipinski definition) is 2. The van der Waals surface area contributed by atoms with Crippen molar-refractivity contribution in [3.8, 4) is 6.07 Å². The van der Waals surface area contributed by atoms with E-state index in [2.05, 4.69) is 17.5 Å². The van der Waals surface area contributed by atoms with Gasteiger partial charge >= 0.3 is 0 Å². The lowest BCUT2D eigenvalue weighted by Gasteiger charge is -2.24. The maximum atomic E-state index is 8.82. The van der Waals surface area contributed by atoms with Crippen LogP contribution < -0.4 is 5.32 Å². The van der Waals surface area contributed by atoms with Crippen LogP contribution in [0.1, 0.15) is 43.2 Å². The summed E-state index contributed by atoms with van der Waals surface area (Å²) in [4.78, 5) is 0. The van der Waals surface area contributed by atoms with Crippen LogP contribution in [0.5, 0.6) is 0 Å². The molecule has 2 heteroatoms. The number of likely N-dealkylation sites (N-methyl/N-ethyl adjacent to an activating group) is 1. The van der Waals surface area contributed by atoms with Gasteiger partial charge in [-0.3, -0.25) is 0 Å². The fraction of sp³-hybridized carbons (Fsp3) is 0.471. The second kappa shape index (κ2) is 7.11. The topological polar surface area (TPSA) is 35.8 Å². The third-order valence-corrected chi connectivity index (χ3v) is 3.90. The second-order valence-corrected chi connectivity index (χ2v) is 5.32. The molecule has 0 amide bonds. The Morgan fingerprint density at radius 3 is 2.53 bits per heavy atom. The minimum Gasteiger partial charge on any atom is -0.316 e. The minimum absolute atomic E-state index is 0.727. The van der Waals surface area contributed by atoms with Gasteiger partial charge in [-0.15, -0.1) is 0 Å². The Morgan fingerprint density at radius 1 is 1.26 bits per heavy atom. The minimum atomic E-state index is 0.727. The first-order chi connectivity index (χ1) is 9.33. The zero-order valence-corrected chi connectivity index (χ0v) is 11.7. The van der Waals surface area contributed by atoms with Gasteiger partial charge in [0, 0.05) is 6.54 Å². The van der Waals surface area contributed by atoms with Gasteiger partial charge in [-0.2, -0.15) is 5.26 Å². The van der Waals surface area contributed by atoms with Crippen molar-refractivity contribution in [2.75, 3.05) is 13.6 Å². The Labute approximate surface area is 116 Å². The fourth-order valence-corrected chi connectivity index (χ4v) is 2.86. The van der Waals surface area contributed by atoms with Crippen molar-refractivity contribution in [1.29, 1.82) is 5.26 Å². The predicted octanol–water partition coefficient (Wildman–Crippen LogP) is 3.74. The van der Waals surface area contributed by atoms with Gasteiger partial charge in [-0.1, -0.05) is 43.0 Å². The summed E-state index contributed by atoms with van der Waals surface area (Å²) in [6.45, 7) is 0.963. The summed E-state index contributed by atoms with van der Waals surface area (Å²) in [7, 11) is 2.01. The van der Waals surface area contributed by atoms with E-state index in [-0.39, 0.29) is 0 Å². The van der Waals surface area contributed by atoms with Crippen LogP contribution in [-0.4, -0.2) is 13.6 Å². The molecule has 0 bridgehead atoms. The molecule has 2 nitrogen and oxygen atoms in total. The highest BCUT2D eigenvalue weighted by Gasteiger charge is 2.17. The van der Waals surface area contributed by atoms with Crippen molar-refractivity contribution >= 4 is 6.08 Å². The number of nitrogens with zero attached hydrogens (tertiary/aromatic N) is 1. The van der Waals surface area contributed by atoms with E-state index in [4.69, 9.17) is 5.26 Å². The summed E-state index contributed by atoms with van der Waals surface area (Å²) in [5.41, 5.74) is 3.44. The Hall–Kier alpha value is -1.59. The molecule has 100 valence electrons. The molecule has 2 rings (SSSR count). The Kier molecular flexibility index (Phi) is 5.18. The van der Waals surface area contributed by atoms with Crippen LogP contribution >= 0.6 is 0 Å². The molecule has 0 unspecified atom stereocenters. The molecule has 0 aromatic heterocycles. The van der Waals surface area contributed by atoms with E-state index in [1.165, 1.54) is 43.2 Å². The third-order valence-electron chi connectivity index (χ3n) is 3.90. The molecule has 1 aliphatic carbocycles. The monoisotopic (exact) mass is 254 g/mol. The number of nitrogens with one attached hydrogen (secondary N) is 1. The predicted molar refractivity (Wildman–Crippen MR) is 79.6 cm³/mol. The summed E-state index contributed by atoms with van der Waals surface area (Å²) in [5.74, 6) is 0.733. The number of benzene rings is 1. The normalized spacial score (nSPS) is 17.2. The molecule has 0 aliphatic heterocycles. The Morgan fingerprint density at radius 2 is 1.95 bits per heavy atom. The third kappa shape index (κ3) is 3.94. The highest BCUT2D eigenvalue weighted by Crippen LogP contribution is 2.30. The van der Waals surface area contributed by atoms with Crippen LogP contribution in [0.3, 0.4) is 0 Å². The van der Waals surface area contributed by atoms with Crippen LogP contribution in [0.4, 0.5) is 0 Å². The van der Waals surface area contributed by atoms with Gasteiger partial charge in [-0.05, 0) is 43.5 Å². The number of rotatable bonds is 4. The summed E-state index contributed by atoms with van der Waals surface area (Å²) in [6.07, 6.45) is 9.06. The SMILES string of the molecule is CNCC(=Cc1ccc(C#N)cc1)C1CCCCC1. The molecular formula is C17H22N2. The molecule has 0 spiro atoms. The van der Waals surface area contributed by atoms with Gasteiger partial charge in [0.15, 0.2) is 0 Å². The zero-order chi connectivity index (χ0) is 13.5. The summed E-state index contributed by atoms with van der Waals surface area (Å²) >= 11 is 0. The van der Waals surface area contributed by atoms with Crippen molar-refractivity contribution in [2.24, 2.45) is 5.92 Å². The molecule has 1 aromatic carbocycles. The number of hydrogen-bond donors (Lipinski definition) is 1. The largest absolute Gasteiger partial charge is 0.316 e. The molecule has 19 heavy (non-hydrogen) atoms. The first kappa shape index (κ1) is 13.8. The quantitative estimate of drug-likeness (QED) is 0.888. The molecular weight excluding hydrogens is 232 g/mol. The van der Waals surface area contributed by atoms with E-state index in [0.29, 0.717) is 0 Å². The van der Waals surface area contributed by atoms with E-state index >= 15 is 0 Å².